The molecule has 0 rings (SSSR count). The number of hydrogen-bond acceptors (Lipinski definition) is 4. The van der Waals surface area contributed by atoms with Gasteiger partial charge in [-0.1, -0.05) is 26.7 Å². The van der Waals surface area contributed by atoms with Crippen molar-refractivity contribution in [1.29, 1.82) is 0 Å². The summed E-state index contributed by atoms with van der Waals surface area (Å²) in [7, 11) is 0. The molecule has 17 heavy (non-hydrogen) atoms. The molecule has 2 N–H and O–H groups in total. The largest absolute Gasteiger partial charge is 0.475 e. The molecule has 0 saturated carbocycles. The summed E-state index contributed by atoms with van der Waals surface area (Å²) in [5, 5.41) is 10.8. The number of rotatable bonds is 8. The third kappa shape index (κ3) is 6.55. The van der Waals surface area contributed by atoms with E-state index in [4.69, 9.17) is 9.84 Å². The number of amides is 1. The molecule has 0 heterocycles. The van der Waals surface area contributed by atoms with E-state index in [2.05, 4.69) is 5.32 Å². The van der Waals surface area contributed by atoms with E-state index < -0.39 is 23.9 Å². The third-order valence-electron chi connectivity index (χ3n) is 2.13. The number of carbonyl (C=O) groups excluding carboxylic acids is 2. The minimum Gasteiger partial charge on any atom is -0.475 e. The fourth-order valence-electron chi connectivity index (χ4n) is 1.20. The number of carboxylic acid groups (broad SMARTS) is 1. The van der Waals surface area contributed by atoms with Crippen molar-refractivity contribution < 1.29 is 24.2 Å². The molecule has 6 nitrogen and oxygen atoms in total. The first-order chi connectivity index (χ1) is 8.02. The Kier molecular flexibility index (Phi) is 7.75. The van der Waals surface area contributed by atoms with Gasteiger partial charge in [-0.2, -0.15) is 0 Å². The van der Waals surface area contributed by atoms with Gasteiger partial charge in [0.2, 0.25) is 0 Å². The summed E-state index contributed by atoms with van der Waals surface area (Å²) >= 11 is 0. The number of alkyl carbamates (subject to hydrolysis) is 1. The molecule has 0 unspecified atom stereocenters. The number of aliphatic carboxylic acids is 1. The molecule has 0 aliphatic carbocycles. The van der Waals surface area contributed by atoms with Crippen LogP contribution >= 0.6 is 0 Å². The molecule has 1 amide bonds. The number of Topliss-reactive ketones (excluding diaryl/α,β-unsaturated/α-hetero) is 1. The molecule has 0 bridgehead atoms. The van der Waals surface area contributed by atoms with Gasteiger partial charge in [0.1, 0.15) is 6.04 Å². The zero-order chi connectivity index (χ0) is 13.3. The molecule has 0 aliphatic heterocycles. The van der Waals surface area contributed by atoms with E-state index in [-0.39, 0.29) is 13.0 Å². The van der Waals surface area contributed by atoms with Crippen molar-refractivity contribution in [1.82, 2.24) is 5.32 Å². The highest BCUT2D eigenvalue weighted by Gasteiger charge is 2.25. The van der Waals surface area contributed by atoms with Crippen molar-refractivity contribution in [2.24, 2.45) is 0 Å². The lowest BCUT2D eigenvalue weighted by molar-refractivity contribution is -0.150. The second-order valence-electron chi connectivity index (χ2n) is 3.64. The molecule has 0 aliphatic rings. The maximum atomic E-state index is 11.3. The number of carbonyl (C=O) groups is 3. The average molecular weight is 245 g/mol. The summed E-state index contributed by atoms with van der Waals surface area (Å²) in [4.78, 5) is 33.0. The van der Waals surface area contributed by atoms with Crippen LogP contribution in [0, 0.1) is 0 Å². The van der Waals surface area contributed by atoms with Crippen LogP contribution in [0.5, 0.6) is 0 Å². The summed E-state index contributed by atoms with van der Waals surface area (Å²) in [5.74, 6) is -2.56. The van der Waals surface area contributed by atoms with Gasteiger partial charge in [-0.25, -0.2) is 9.59 Å². The summed E-state index contributed by atoms with van der Waals surface area (Å²) in [6, 6.07) is -1.01. The van der Waals surface area contributed by atoms with Crippen LogP contribution in [0.1, 0.15) is 39.5 Å². The topological polar surface area (TPSA) is 92.7 Å². The SMILES string of the molecule is CCCCOC(=O)N[C@@H](CCC)C(=O)C(=O)O. The lowest BCUT2D eigenvalue weighted by Gasteiger charge is -2.14. The lowest BCUT2D eigenvalue weighted by atomic mass is 10.1. The van der Waals surface area contributed by atoms with Crippen LogP contribution in [0.2, 0.25) is 0 Å². The summed E-state index contributed by atoms with van der Waals surface area (Å²) in [5.41, 5.74) is 0. The Morgan fingerprint density at radius 3 is 2.35 bits per heavy atom. The Morgan fingerprint density at radius 2 is 1.88 bits per heavy atom. The molecular weight excluding hydrogens is 226 g/mol. The van der Waals surface area contributed by atoms with Crippen molar-refractivity contribution in [2.75, 3.05) is 6.61 Å². The summed E-state index contributed by atoms with van der Waals surface area (Å²) < 4.78 is 4.79. The van der Waals surface area contributed by atoms with Crippen LogP contribution in [0.15, 0.2) is 0 Å². The van der Waals surface area contributed by atoms with Crippen molar-refractivity contribution in [3.05, 3.63) is 0 Å². The highest BCUT2D eigenvalue weighted by atomic mass is 16.5. The van der Waals surface area contributed by atoms with Gasteiger partial charge in [0.25, 0.3) is 5.78 Å². The molecule has 0 aromatic rings. The average Bonchev–Trinajstić information content (AvgIpc) is 2.27. The van der Waals surface area contributed by atoms with E-state index in [1.54, 1.807) is 6.92 Å². The molecule has 0 aromatic carbocycles. The van der Waals surface area contributed by atoms with Crippen molar-refractivity contribution in [3.8, 4) is 0 Å². The highest BCUT2D eigenvalue weighted by Crippen LogP contribution is 2.00. The molecule has 0 saturated heterocycles. The molecule has 0 spiro atoms. The van der Waals surface area contributed by atoms with Gasteiger partial charge < -0.3 is 15.2 Å². The predicted octanol–water partition coefficient (Wildman–Crippen LogP) is 1.34. The van der Waals surface area contributed by atoms with E-state index >= 15 is 0 Å². The first kappa shape index (κ1) is 15.4. The quantitative estimate of drug-likeness (QED) is 0.497. The second kappa shape index (κ2) is 8.55. The van der Waals surface area contributed by atoms with Gasteiger partial charge in [-0.15, -0.1) is 0 Å². The Labute approximate surface area is 100 Å². The standard InChI is InChI=1S/C11H19NO5/c1-3-5-7-17-11(16)12-8(6-4-2)9(13)10(14)15/h8H,3-7H2,1-2H3,(H,12,16)(H,14,15)/t8-/m0/s1. The zero-order valence-electron chi connectivity index (χ0n) is 10.2. The number of ketones is 1. The van der Waals surface area contributed by atoms with Crippen LogP contribution < -0.4 is 5.32 Å². The zero-order valence-corrected chi connectivity index (χ0v) is 10.2. The van der Waals surface area contributed by atoms with Gasteiger partial charge >= 0.3 is 12.1 Å². The Hall–Kier alpha value is -1.59. The molecule has 1 atom stereocenters. The van der Waals surface area contributed by atoms with E-state index in [0.29, 0.717) is 6.42 Å². The van der Waals surface area contributed by atoms with Gasteiger partial charge in [0.05, 0.1) is 6.61 Å². The molecule has 0 radical (unpaired) electrons. The number of unbranched alkanes of at least 4 members (excludes halogenated alkanes) is 1. The first-order valence-corrected chi connectivity index (χ1v) is 5.73. The van der Waals surface area contributed by atoms with E-state index in [1.165, 1.54) is 0 Å². The predicted molar refractivity (Wildman–Crippen MR) is 60.7 cm³/mol. The third-order valence-corrected chi connectivity index (χ3v) is 2.13. The van der Waals surface area contributed by atoms with Crippen molar-refractivity contribution in [2.45, 2.75) is 45.6 Å². The second-order valence-corrected chi connectivity index (χ2v) is 3.64. The normalized spacial score (nSPS) is 11.6. The minimum absolute atomic E-state index is 0.266. The molecule has 0 aromatic heterocycles. The smallest absolute Gasteiger partial charge is 0.407 e. The lowest BCUT2D eigenvalue weighted by Crippen LogP contribution is -2.44. The van der Waals surface area contributed by atoms with Crippen LogP contribution in [-0.2, 0) is 14.3 Å². The maximum Gasteiger partial charge on any atom is 0.407 e. The highest BCUT2D eigenvalue weighted by molar-refractivity contribution is 6.35. The molecule has 98 valence electrons. The Balaban J connectivity index is 4.19. The van der Waals surface area contributed by atoms with E-state index in [9.17, 15) is 14.4 Å². The fraction of sp³-hybridized carbons (Fsp3) is 0.727. The number of carboxylic acids is 1. The van der Waals surface area contributed by atoms with Crippen LogP contribution in [0.25, 0.3) is 0 Å². The van der Waals surface area contributed by atoms with Crippen LogP contribution in [-0.4, -0.2) is 35.6 Å². The van der Waals surface area contributed by atoms with Gasteiger partial charge in [0, 0.05) is 0 Å². The van der Waals surface area contributed by atoms with Crippen molar-refractivity contribution >= 4 is 17.8 Å². The van der Waals surface area contributed by atoms with Gasteiger partial charge in [-0.05, 0) is 12.8 Å². The fourth-order valence-corrected chi connectivity index (χ4v) is 1.20. The maximum absolute atomic E-state index is 11.3. The van der Waals surface area contributed by atoms with Gasteiger partial charge in [-0.3, -0.25) is 4.79 Å². The first-order valence-electron chi connectivity index (χ1n) is 5.73. The van der Waals surface area contributed by atoms with E-state index in [1.807, 2.05) is 6.92 Å². The number of hydrogen-bond donors (Lipinski definition) is 2. The van der Waals surface area contributed by atoms with Crippen molar-refractivity contribution in [3.63, 3.8) is 0 Å². The van der Waals surface area contributed by atoms with Crippen LogP contribution in [0.3, 0.4) is 0 Å². The summed E-state index contributed by atoms with van der Waals surface area (Å²) in [6.07, 6.45) is 1.76. The van der Waals surface area contributed by atoms with Gasteiger partial charge in [0.15, 0.2) is 0 Å². The monoisotopic (exact) mass is 245 g/mol. The molecule has 6 heteroatoms. The number of nitrogens with one attached hydrogen (secondary N) is 1. The molecule has 0 fully saturated rings. The van der Waals surface area contributed by atoms with E-state index in [0.717, 1.165) is 12.8 Å². The number of ether oxygens (including phenoxy) is 1. The Bertz CT molecular complexity index is 277. The minimum atomic E-state index is -1.54. The Morgan fingerprint density at radius 1 is 1.24 bits per heavy atom. The summed E-state index contributed by atoms with van der Waals surface area (Å²) in [6.45, 7) is 4.02. The van der Waals surface area contributed by atoms with Crippen LogP contribution in [0.4, 0.5) is 4.79 Å². The molecular formula is C11H19NO5.